The van der Waals surface area contributed by atoms with Crippen LogP contribution < -0.4 is 5.32 Å². The first kappa shape index (κ1) is 14.1. The van der Waals surface area contributed by atoms with Gasteiger partial charge in [0, 0.05) is 12.1 Å². The van der Waals surface area contributed by atoms with Gasteiger partial charge in [-0.1, -0.05) is 18.2 Å². The van der Waals surface area contributed by atoms with E-state index in [1.54, 1.807) is 6.07 Å². The van der Waals surface area contributed by atoms with Crippen molar-refractivity contribution in [2.24, 2.45) is 0 Å². The van der Waals surface area contributed by atoms with Gasteiger partial charge in [-0.15, -0.1) is 0 Å². The molecule has 0 heterocycles. The van der Waals surface area contributed by atoms with Crippen molar-refractivity contribution in [2.75, 3.05) is 0 Å². The number of nitrogens with one attached hydrogen (secondary N) is 1. The number of carbonyl (C=O) groups excluding carboxylic acids is 1. The third kappa shape index (κ3) is 3.60. The van der Waals surface area contributed by atoms with E-state index in [2.05, 4.69) is 5.32 Å². The van der Waals surface area contributed by atoms with E-state index in [4.69, 9.17) is 0 Å². The Morgan fingerprint density at radius 1 is 0.950 bits per heavy atom. The van der Waals surface area contributed by atoms with Gasteiger partial charge in [-0.05, 0) is 29.8 Å². The molecule has 2 aromatic carbocycles. The van der Waals surface area contributed by atoms with Crippen LogP contribution in [0.5, 0.6) is 0 Å². The molecule has 0 aliphatic carbocycles. The van der Waals surface area contributed by atoms with Crippen LogP contribution in [0.25, 0.3) is 0 Å². The second kappa shape index (κ2) is 6.23. The van der Waals surface area contributed by atoms with Gasteiger partial charge < -0.3 is 5.32 Å². The lowest BCUT2D eigenvalue weighted by Crippen LogP contribution is -2.25. The maximum atomic E-state index is 13.3. The lowest BCUT2D eigenvalue weighted by atomic mass is 10.1. The summed E-state index contributed by atoms with van der Waals surface area (Å²) in [5.41, 5.74) is 0.302. The van der Waals surface area contributed by atoms with E-state index in [-0.39, 0.29) is 24.1 Å². The van der Waals surface area contributed by atoms with Gasteiger partial charge in [0.25, 0.3) is 0 Å². The SMILES string of the molecule is O=C(Cc1ccccc1F)NCc1cc(F)ccc1F. The zero-order chi connectivity index (χ0) is 14.5. The van der Waals surface area contributed by atoms with E-state index in [0.717, 1.165) is 18.2 Å². The summed E-state index contributed by atoms with van der Waals surface area (Å²) in [6.07, 6.45) is -0.149. The second-order valence-corrected chi connectivity index (χ2v) is 4.28. The highest BCUT2D eigenvalue weighted by Gasteiger charge is 2.09. The van der Waals surface area contributed by atoms with Crippen molar-refractivity contribution in [2.45, 2.75) is 13.0 Å². The Bertz CT molecular complexity index is 628. The molecule has 0 aliphatic rings. The van der Waals surface area contributed by atoms with Crippen LogP contribution >= 0.6 is 0 Å². The molecule has 0 spiro atoms. The third-order valence-corrected chi connectivity index (χ3v) is 2.79. The van der Waals surface area contributed by atoms with Crippen molar-refractivity contribution in [3.8, 4) is 0 Å². The van der Waals surface area contributed by atoms with Gasteiger partial charge in [-0.2, -0.15) is 0 Å². The fourth-order valence-electron chi connectivity index (χ4n) is 1.75. The summed E-state index contributed by atoms with van der Waals surface area (Å²) in [6, 6.07) is 8.91. The van der Waals surface area contributed by atoms with Crippen LogP contribution in [0, 0.1) is 17.5 Å². The molecule has 0 radical (unpaired) electrons. The number of hydrogen-bond acceptors (Lipinski definition) is 1. The molecule has 0 bridgehead atoms. The number of halogens is 3. The fourth-order valence-corrected chi connectivity index (χ4v) is 1.75. The number of benzene rings is 2. The predicted octanol–water partition coefficient (Wildman–Crippen LogP) is 2.96. The summed E-state index contributed by atoms with van der Waals surface area (Å²) >= 11 is 0. The van der Waals surface area contributed by atoms with Gasteiger partial charge in [0.1, 0.15) is 17.5 Å². The molecule has 5 heteroatoms. The Balaban J connectivity index is 1.96. The van der Waals surface area contributed by atoms with Crippen molar-refractivity contribution < 1.29 is 18.0 Å². The molecule has 104 valence electrons. The summed E-state index contributed by atoms with van der Waals surface area (Å²) in [4.78, 5) is 11.6. The summed E-state index contributed by atoms with van der Waals surface area (Å²) in [5.74, 6) is -2.11. The molecule has 2 aromatic rings. The van der Waals surface area contributed by atoms with E-state index in [9.17, 15) is 18.0 Å². The maximum Gasteiger partial charge on any atom is 0.224 e. The molecule has 0 aliphatic heterocycles. The Kier molecular flexibility index (Phi) is 4.40. The predicted molar refractivity (Wildman–Crippen MR) is 68.3 cm³/mol. The van der Waals surface area contributed by atoms with Crippen molar-refractivity contribution in [3.63, 3.8) is 0 Å². The Labute approximate surface area is 114 Å². The lowest BCUT2D eigenvalue weighted by molar-refractivity contribution is -0.120. The smallest absolute Gasteiger partial charge is 0.224 e. The number of hydrogen-bond donors (Lipinski definition) is 1. The summed E-state index contributed by atoms with van der Waals surface area (Å²) < 4.78 is 39.6. The van der Waals surface area contributed by atoms with Gasteiger partial charge in [0.05, 0.1) is 6.42 Å². The molecule has 2 nitrogen and oxygen atoms in total. The van der Waals surface area contributed by atoms with E-state index in [1.807, 2.05) is 0 Å². The Morgan fingerprint density at radius 2 is 1.65 bits per heavy atom. The van der Waals surface area contributed by atoms with Crippen LogP contribution in [0.2, 0.25) is 0 Å². The van der Waals surface area contributed by atoms with Crippen molar-refractivity contribution in [1.82, 2.24) is 5.32 Å². The first-order valence-corrected chi connectivity index (χ1v) is 6.00. The molecule has 0 saturated carbocycles. The Hall–Kier alpha value is -2.30. The molecule has 0 unspecified atom stereocenters. The minimum Gasteiger partial charge on any atom is -0.352 e. The van der Waals surface area contributed by atoms with E-state index < -0.39 is 23.4 Å². The van der Waals surface area contributed by atoms with Gasteiger partial charge in [0.2, 0.25) is 5.91 Å². The standard InChI is InChI=1S/C15H12F3NO/c16-12-5-6-14(18)11(7-12)9-19-15(20)8-10-3-1-2-4-13(10)17/h1-7H,8-9H2,(H,19,20). The van der Waals surface area contributed by atoms with Crippen LogP contribution in [0.4, 0.5) is 13.2 Å². The molecular weight excluding hydrogens is 267 g/mol. The molecule has 2 rings (SSSR count). The van der Waals surface area contributed by atoms with Gasteiger partial charge in [-0.25, -0.2) is 13.2 Å². The van der Waals surface area contributed by atoms with Crippen molar-refractivity contribution in [1.29, 1.82) is 0 Å². The minimum atomic E-state index is -0.599. The fraction of sp³-hybridized carbons (Fsp3) is 0.133. The number of rotatable bonds is 4. The molecule has 0 fully saturated rings. The third-order valence-electron chi connectivity index (χ3n) is 2.79. The normalized spacial score (nSPS) is 10.3. The quantitative estimate of drug-likeness (QED) is 0.916. The van der Waals surface area contributed by atoms with Crippen molar-refractivity contribution in [3.05, 3.63) is 71.0 Å². The summed E-state index contributed by atoms with van der Waals surface area (Å²) in [7, 11) is 0. The van der Waals surface area contributed by atoms with E-state index >= 15 is 0 Å². The first-order valence-electron chi connectivity index (χ1n) is 6.00. The van der Waals surface area contributed by atoms with Crippen LogP contribution in [-0.2, 0) is 17.8 Å². The van der Waals surface area contributed by atoms with Gasteiger partial charge >= 0.3 is 0 Å². The largest absolute Gasteiger partial charge is 0.352 e. The van der Waals surface area contributed by atoms with Crippen LogP contribution in [0.3, 0.4) is 0 Å². The highest BCUT2D eigenvalue weighted by Crippen LogP contribution is 2.10. The molecule has 0 atom stereocenters. The zero-order valence-corrected chi connectivity index (χ0v) is 10.5. The average molecular weight is 279 g/mol. The van der Waals surface area contributed by atoms with E-state index in [1.165, 1.54) is 18.2 Å². The zero-order valence-electron chi connectivity index (χ0n) is 10.5. The molecular formula is C15H12F3NO. The monoisotopic (exact) mass is 279 g/mol. The molecule has 0 aromatic heterocycles. The van der Waals surface area contributed by atoms with E-state index in [0.29, 0.717) is 0 Å². The van der Waals surface area contributed by atoms with Crippen LogP contribution in [0.15, 0.2) is 42.5 Å². The molecule has 0 saturated heterocycles. The van der Waals surface area contributed by atoms with Gasteiger partial charge in [-0.3, -0.25) is 4.79 Å². The summed E-state index contributed by atoms with van der Waals surface area (Å²) in [5, 5.41) is 2.43. The van der Waals surface area contributed by atoms with Crippen molar-refractivity contribution >= 4 is 5.91 Å². The van der Waals surface area contributed by atoms with Crippen LogP contribution in [-0.4, -0.2) is 5.91 Å². The maximum absolute atomic E-state index is 13.3. The number of carbonyl (C=O) groups is 1. The Morgan fingerprint density at radius 3 is 2.40 bits per heavy atom. The topological polar surface area (TPSA) is 29.1 Å². The average Bonchev–Trinajstić information content (AvgIpc) is 2.42. The minimum absolute atomic E-state index is 0.0480. The number of amides is 1. The molecule has 1 amide bonds. The summed E-state index contributed by atoms with van der Waals surface area (Å²) in [6.45, 7) is -0.142. The highest BCUT2D eigenvalue weighted by atomic mass is 19.1. The van der Waals surface area contributed by atoms with Gasteiger partial charge in [0.15, 0.2) is 0 Å². The highest BCUT2D eigenvalue weighted by molar-refractivity contribution is 5.78. The van der Waals surface area contributed by atoms with Crippen LogP contribution in [0.1, 0.15) is 11.1 Å². The molecule has 20 heavy (non-hydrogen) atoms. The second-order valence-electron chi connectivity index (χ2n) is 4.28. The first-order chi connectivity index (χ1) is 9.56. The lowest BCUT2D eigenvalue weighted by Gasteiger charge is -2.07. The molecule has 1 N–H and O–H groups in total.